The number of aliphatic carboxylic acids is 1. The number of carbonyl (C=O) groups is 1. The second-order valence-corrected chi connectivity index (χ2v) is 2.80. The number of alkyl halides is 1. The number of aliphatic hydroxyl groups is 3. The van der Waals surface area contributed by atoms with E-state index in [0.717, 1.165) is 0 Å². The molecule has 0 amide bonds. The van der Waals surface area contributed by atoms with Gasteiger partial charge in [0.25, 0.3) is 5.25 Å². The number of carboxylic acids is 1. The molecule has 0 rings (SSSR count). The Bertz CT molecular complexity index is 155. The fraction of sp³-hybridized carbons (Fsp3) is 0.833. The molecule has 1 atom stereocenters. The molecule has 0 aromatic heterocycles. The van der Waals surface area contributed by atoms with E-state index in [1.807, 2.05) is 0 Å². The Balaban J connectivity index is -0.0000000718. The molecule has 0 saturated carbocycles. The first-order valence-corrected chi connectivity index (χ1v) is 3.83. The summed E-state index contributed by atoms with van der Waals surface area (Å²) in [5, 5.41) is 29.9. The van der Waals surface area contributed by atoms with Gasteiger partial charge in [-0.25, -0.2) is 0 Å². The van der Waals surface area contributed by atoms with Gasteiger partial charge in [-0.3, -0.25) is 4.79 Å². The number of rotatable bonds is 3. The maximum Gasteiger partial charge on any atom is 0.304 e. The van der Waals surface area contributed by atoms with Crippen LogP contribution >= 0.6 is 11.6 Å². The molecular weight excluding hydrogens is 320 g/mol. The Morgan fingerprint density at radius 3 is 1.80 bits per heavy atom. The van der Waals surface area contributed by atoms with Crippen LogP contribution < -0.4 is 5.73 Å². The number of carboxylic acid groups (broad SMARTS) is 1. The molecule has 0 aromatic carbocycles. The van der Waals surface area contributed by atoms with Gasteiger partial charge in [-0.2, -0.15) is 0 Å². The van der Waals surface area contributed by atoms with E-state index in [4.69, 9.17) is 37.8 Å². The van der Waals surface area contributed by atoms with Crippen molar-refractivity contribution in [1.82, 2.24) is 0 Å². The summed E-state index contributed by atoms with van der Waals surface area (Å²) in [6.07, 6.45) is -1.26. The normalized spacial score (nSPS) is 11.1. The molecule has 1 unspecified atom stereocenters. The molecule has 15 heavy (non-hydrogen) atoms. The third-order valence-corrected chi connectivity index (χ3v) is 1.21. The summed E-state index contributed by atoms with van der Waals surface area (Å²) >= 11 is 4.73. The number of nitrogens with two attached hydrogens (primary N) is 1. The fourth-order valence-electron chi connectivity index (χ4n) is 0.123. The Kier molecular flexibility index (Phi) is 21.8. The molecule has 0 aliphatic rings. The van der Waals surface area contributed by atoms with Gasteiger partial charge < -0.3 is 26.2 Å². The molecule has 0 heterocycles. The van der Waals surface area contributed by atoms with Crippen LogP contribution in [0.15, 0.2) is 0 Å². The topological polar surface area (TPSA) is 124 Å². The zero-order chi connectivity index (χ0) is 11.1. The van der Waals surface area contributed by atoms with Crippen molar-refractivity contribution in [2.45, 2.75) is 24.7 Å². The molecule has 0 fully saturated rings. The Morgan fingerprint density at radius 1 is 1.53 bits per heavy atom. The number of halogens is 1. The van der Waals surface area contributed by atoms with Gasteiger partial charge in [-0.1, -0.05) is 11.6 Å². The van der Waals surface area contributed by atoms with E-state index in [0.29, 0.717) is 0 Å². The molecule has 0 radical (unpaired) electrons. The van der Waals surface area contributed by atoms with E-state index >= 15 is 0 Å². The SMILES string of the molecule is CC(O)C(O)(O)Cl.NCCC(=O)O.[AlH3].[Zr]. The van der Waals surface area contributed by atoms with E-state index in [9.17, 15) is 4.79 Å². The first kappa shape index (κ1) is 25.0. The Hall–Kier alpha value is 1.02. The molecule has 0 aromatic rings. The van der Waals surface area contributed by atoms with Crippen LogP contribution in [-0.4, -0.2) is 61.7 Å². The second-order valence-electron chi connectivity index (χ2n) is 2.24. The number of aliphatic hydroxyl groups excluding tert-OH is 1. The van der Waals surface area contributed by atoms with E-state index in [-0.39, 0.29) is 56.5 Å². The summed E-state index contributed by atoms with van der Waals surface area (Å²) in [6, 6.07) is 0. The van der Waals surface area contributed by atoms with Gasteiger partial charge in [0.15, 0.2) is 17.4 Å². The van der Waals surface area contributed by atoms with Gasteiger partial charge >= 0.3 is 5.97 Å². The monoisotopic (exact) mass is 335 g/mol. The van der Waals surface area contributed by atoms with E-state index in [1.165, 1.54) is 6.92 Å². The van der Waals surface area contributed by atoms with Crippen molar-refractivity contribution in [1.29, 1.82) is 0 Å². The minimum Gasteiger partial charge on any atom is -0.481 e. The fourth-order valence-corrected chi connectivity index (χ4v) is 0.123. The minimum absolute atomic E-state index is 0. The first-order chi connectivity index (χ1) is 5.71. The molecule has 0 saturated heterocycles. The Morgan fingerprint density at radius 2 is 1.80 bits per heavy atom. The molecule has 0 aliphatic carbocycles. The average molecular weight is 337 g/mol. The summed E-state index contributed by atoms with van der Waals surface area (Å²) in [4.78, 5) is 9.52. The van der Waals surface area contributed by atoms with Crippen molar-refractivity contribution in [3.05, 3.63) is 0 Å². The molecule has 0 bridgehead atoms. The summed E-state index contributed by atoms with van der Waals surface area (Å²) < 4.78 is 0. The van der Waals surface area contributed by atoms with Crippen molar-refractivity contribution in [2.75, 3.05) is 6.54 Å². The van der Waals surface area contributed by atoms with Crippen LogP contribution in [0.5, 0.6) is 0 Å². The maximum absolute atomic E-state index is 9.52. The quantitative estimate of drug-likeness (QED) is 0.220. The van der Waals surface area contributed by atoms with E-state index in [1.54, 1.807) is 0 Å². The molecule has 0 spiro atoms. The average Bonchev–Trinajstić information content (AvgIpc) is 1.85. The van der Waals surface area contributed by atoms with Crippen LogP contribution in [0, 0.1) is 0 Å². The van der Waals surface area contributed by atoms with Crippen molar-refractivity contribution < 1.29 is 51.4 Å². The van der Waals surface area contributed by atoms with Gasteiger partial charge in [0, 0.05) is 32.7 Å². The van der Waals surface area contributed by atoms with Crippen molar-refractivity contribution in [3.63, 3.8) is 0 Å². The van der Waals surface area contributed by atoms with Crippen molar-refractivity contribution >= 4 is 34.9 Å². The molecule has 6 nitrogen and oxygen atoms in total. The van der Waals surface area contributed by atoms with Crippen LogP contribution in [0.3, 0.4) is 0 Å². The van der Waals surface area contributed by atoms with Crippen LogP contribution in [0.25, 0.3) is 0 Å². The molecule has 90 valence electrons. The molecule has 0 aliphatic heterocycles. The number of hydrogen-bond donors (Lipinski definition) is 5. The predicted octanol–water partition coefficient (Wildman–Crippen LogP) is -2.52. The van der Waals surface area contributed by atoms with Crippen LogP contribution in [0.4, 0.5) is 0 Å². The first-order valence-electron chi connectivity index (χ1n) is 3.45. The molecule has 6 N–H and O–H groups in total. The predicted molar refractivity (Wildman–Crippen MR) is 55.9 cm³/mol. The van der Waals surface area contributed by atoms with Crippen LogP contribution in [-0.2, 0) is 31.0 Å². The minimum atomic E-state index is -2.47. The van der Waals surface area contributed by atoms with Gasteiger partial charge in [0.05, 0.1) is 6.42 Å². The van der Waals surface area contributed by atoms with Crippen LogP contribution in [0.2, 0.25) is 0 Å². The summed E-state index contributed by atoms with van der Waals surface area (Å²) in [6.45, 7) is 1.41. The third kappa shape index (κ3) is 25.4. The van der Waals surface area contributed by atoms with Crippen molar-refractivity contribution in [2.24, 2.45) is 5.73 Å². The summed E-state index contributed by atoms with van der Waals surface area (Å²) in [5.74, 6) is -0.836. The largest absolute Gasteiger partial charge is 0.481 e. The van der Waals surface area contributed by atoms with Gasteiger partial charge in [-0.05, 0) is 6.92 Å². The van der Waals surface area contributed by atoms with E-state index < -0.39 is 17.3 Å². The van der Waals surface area contributed by atoms with Gasteiger partial charge in [0.1, 0.15) is 6.10 Å². The van der Waals surface area contributed by atoms with Gasteiger partial charge in [-0.15, -0.1) is 0 Å². The smallest absolute Gasteiger partial charge is 0.304 e. The van der Waals surface area contributed by atoms with Crippen LogP contribution in [0.1, 0.15) is 13.3 Å². The third-order valence-electron chi connectivity index (χ3n) is 0.890. The van der Waals surface area contributed by atoms with Gasteiger partial charge in [0.2, 0.25) is 0 Å². The second kappa shape index (κ2) is 13.1. The molecule has 9 heteroatoms. The van der Waals surface area contributed by atoms with E-state index in [2.05, 4.69) is 0 Å². The number of hydrogen-bond acceptors (Lipinski definition) is 5. The van der Waals surface area contributed by atoms with Crippen molar-refractivity contribution in [3.8, 4) is 0 Å². The standard InChI is InChI=1S/C3H7ClO3.C3H7NO2.Al.Zr.3H/c1-2(5)3(4,6)7;4-2-1-3(5)6;;;;;/h2,5-7H,1H3;1-2,4H2,(H,5,6);;;;;. The Labute approximate surface area is 123 Å². The zero-order valence-corrected chi connectivity index (χ0v) is 10.9. The molecular formula is C6H17AlClNO5Zr. The summed E-state index contributed by atoms with van der Waals surface area (Å²) in [7, 11) is 0. The zero-order valence-electron chi connectivity index (χ0n) is 7.64. The maximum atomic E-state index is 9.52. The summed E-state index contributed by atoms with van der Waals surface area (Å²) in [5.41, 5.74) is 4.85.